The minimum Gasteiger partial charge on any atom is -0.465 e. The maximum atomic E-state index is 12.8. The van der Waals surface area contributed by atoms with E-state index in [1.807, 2.05) is 13.8 Å². The molecule has 0 aromatic rings. The fraction of sp³-hybridized carbons (Fsp3) is 0.931. The minimum atomic E-state index is -1.14. The maximum Gasteiger partial charge on any atom is 0.323 e. The molecule has 0 heterocycles. The number of unbranched alkanes of at least 4 members (excludes halogenated alkanes) is 16. The third kappa shape index (κ3) is 15.5. The van der Waals surface area contributed by atoms with Crippen LogP contribution in [0.15, 0.2) is 0 Å². The molecule has 0 bridgehead atoms. The van der Waals surface area contributed by atoms with E-state index < -0.39 is 17.4 Å². The average Bonchev–Trinajstić information content (AvgIpc) is 2.82. The zero-order valence-electron chi connectivity index (χ0n) is 22.7. The van der Waals surface area contributed by atoms with Gasteiger partial charge in [0.25, 0.3) is 0 Å². The second kappa shape index (κ2) is 22.7. The van der Waals surface area contributed by atoms with E-state index in [-0.39, 0.29) is 0 Å². The van der Waals surface area contributed by atoms with Crippen LogP contribution >= 0.6 is 0 Å². The zero-order chi connectivity index (χ0) is 24.6. The number of carbonyl (C=O) groups excluding carboxylic acids is 2. The van der Waals surface area contributed by atoms with Crippen LogP contribution in [0.5, 0.6) is 0 Å². The highest BCUT2D eigenvalue weighted by atomic mass is 16.6. The van der Waals surface area contributed by atoms with Gasteiger partial charge in [-0.3, -0.25) is 9.59 Å². The lowest BCUT2D eigenvalue weighted by Crippen LogP contribution is -2.41. The smallest absolute Gasteiger partial charge is 0.323 e. The summed E-state index contributed by atoms with van der Waals surface area (Å²) < 4.78 is 11.1. The Kier molecular flexibility index (Phi) is 22.0. The molecule has 4 heteroatoms. The van der Waals surface area contributed by atoms with Crippen molar-refractivity contribution in [3.8, 4) is 0 Å². The molecule has 196 valence electrons. The first kappa shape index (κ1) is 31.9. The largest absolute Gasteiger partial charge is 0.465 e. The SMILES string of the molecule is CCCCCCCCCCCCOC(=O)C(CC)(CC)C(=O)OCCCCCCCCCC. The Labute approximate surface area is 206 Å². The van der Waals surface area contributed by atoms with Crippen molar-refractivity contribution in [2.75, 3.05) is 13.2 Å². The molecule has 0 spiro atoms. The highest BCUT2D eigenvalue weighted by Gasteiger charge is 2.45. The predicted octanol–water partition coefficient (Wildman–Crippen LogP) is 8.94. The monoisotopic (exact) mass is 468 g/mol. The molecule has 0 aromatic carbocycles. The lowest BCUT2D eigenvalue weighted by molar-refractivity contribution is -0.173. The van der Waals surface area contributed by atoms with Crippen LogP contribution < -0.4 is 0 Å². The average molecular weight is 469 g/mol. The van der Waals surface area contributed by atoms with Crippen LogP contribution in [0.4, 0.5) is 0 Å². The molecule has 0 saturated heterocycles. The van der Waals surface area contributed by atoms with Crippen molar-refractivity contribution in [2.45, 2.75) is 156 Å². The number of carbonyl (C=O) groups is 2. The molecule has 0 fully saturated rings. The van der Waals surface area contributed by atoms with Gasteiger partial charge in [-0.2, -0.15) is 0 Å². The zero-order valence-corrected chi connectivity index (χ0v) is 22.7. The Morgan fingerprint density at radius 2 is 0.727 bits per heavy atom. The molecule has 4 nitrogen and oxygen atoms in total. The van der Waals surface area contributed by atoms with Gasteiger partial charge in [0, 0.05) is 0 Å². The van der Waals surface area contributed by atoms with Gasteiger partial charge in [0.2, 0.25) is 0 Å². The molecule has 33 heavy (non-hydrogen) atoms. The maximum absolute atomic E-state index is 12.8. The van der Waals surface area contributed by atoms with Crippen molar-refractivity contribution in [3.05, 3.63) is 0 Å². The van der Waals surface area contributed by atoms with Crippen LogP contribution in [0.25, 0.3) is 0 Å². The lowest BCUT2D eigenvalue weighted by atomic mass is 9.82. The number of esters is 2. The quantitative estimate of drug-likeness (QED) is 0.0805. The first-order valence-electron chi connectivity index (χ1n) is 14.4. The highest BCUT2D eigenvalue weighted by Crippen LogP contribution is 2.30. The molecule has 0 aromatic heterocycles. The predicted molar refractivity (Wildman–Crippen MR) is 139 cm³/mol. The molecule has 0 radical (unpaired) electrons. The molecule has 0 aliphatic carbocycles. The minimum absolute atomic E-state index is 0.399. The molecule has 0 unspecified atom stereocenters. The van der Waals surface area contributed by atoms with Crippen molar-refractivity contribution >= 4 is 11.9 Å². The molecule has 0 saturated carbocycles. The second-order valence-electron chi connectivity index (χ2n) is 9.72. The summed E-state index contributed by atoms with van der Waals surface area (Å²) in [5.41, 5.74) is -1.14. The summed E-state index contributed by atoms with van der Waals surface area (Å²) in [6.45, 7) is 9.04. The lowest BCUT2D eigenvalue weighted by Gasteiger charge is -2.27. The van der Waals surface area contributed by atoms with Gasteiger partial charge < -0.3 is 9.47 Å². The number of ether oxygens (including phenoxy) is 2. The van der Waals surface area contributed by atoms with Gasteiger partial charge in [-0.05, 0) is 25.7 Å². The Morgan fingerprint density at radius 1 is 0.455 bits per heavy atom. The summed E-state index contributed by atoms with van der Waals surface area (Å²) in [5, 5.41) is 0. The van der Waals surface area contributed by atoms with Crippen molar-refractivity contribution in [1.82, 2.24) is 0 Å². The summed E-state index contributed by atoms with van der Waals surface area (Å²) in [4.78, 5) is 25.5. The Morgan fingerprint density at radius 3 is 1.00 bits per heavy atom. The summed E-state index contributed by atoms with van der Waals surface area (Å²) in [7, 11) is 0. The fourth-order valence-electron chi connectivity index (χ4n) is 4.34. The van der Waals surface area contributed by atoms with Crippen LogP contribution in [0.1, 0.15) is 156 Å². The van der Waals surface area contributed by atoms with E-state index in [0.29, 0.717) is 26.1 Å². The number of hydrogen-bond donors (Lipinski definition) is 0. The first-order chi connectivity index (χ1) is 16.1. The van der Waals surface area contributed by atoms with Crippen LogP contribution in [-0.2, 0) is 19.1 Å². The Balaban J connectivity index is 4.00. The first-order valence-corrected chi connectivity index (χ1v) is 14.4. The number of hydrogen-bond acceptors (Lipinski definition) is 4. The van der Waals surface area contributed by atoms with Crippen LogP contribution in [0.2, 0.25) is 0 Å². The van der Waals surface area contributed by atoms with Crippen LogP contribution in [-0.4, -0.2) is 25.2 Å². The van der Waals surface area contributed by atoms with Crippen LogP contribution in [0.3, 0.4) is 0 Å². The summed E-state index contributed by atoms with van der Waals surface area (Å²) >= 11 is 0. The van der Waals surface area contributed by atoms with E-state index in [1.54, 1.807) is 0 Å². The highest BCUT2D eigenvalue weighted by molar-refractivity contribution is 5.99. The van der Waals surface area contributed by atoms with Crippen molar-refractivity contribution in [1.29, 1.82) is 0 Å². The van der Waals surface area contributed by atoms with Gasteiger partial charge in [-0.25, -0.2) is 0 Å². The molecule has 0 N–H and O–H groups in total. The van der Waals surface area contributed by atoms with E-state index in [2.05, 4.69) is 13.8 Å². The molecular formula is C29H56O4. The van der Waals surface area contributed by atoms with Gasteiger partial charge in [-0.15, -0.1) is 0 Å². The third-order valence-corrected chi connectivity index (χ3v) is 6.95. The standard InChI is InChI=1S/C29H56O4/c1-5-9-11-13-15-17-18-20-22-24-26-33-28(31)29(7-3,8-4)27(30)32-25-23-21-19-16-14-12-10-6-2/h5-26H2,1-4H3. The third-order valence-electron chi connectivity index (χ3n) is 6.95. The van der Waals surface area contributed by atoms with Crippen LogP contribution in [0, 0.1) is 5.41 Å². The fourth-order valence-corrected chi connectivity index (χ4v) is 4.34. The van der Waals surface area contributed by atoms with Gasteiger partial charge in [0.15, 0.2) is 5.41 Å². The Bertz CT molecular complexity index is 457. The van der Waals surface area contributed by atoms with E-state index in [4.69, 9.17) is 9.47 Å². The van der Waals surface area contributed by atoms with E-state index in [0.717, 1.165) is 25.7 Å². The molecular weight excluding hydrogens is 412 g/mol. The molecule has 0 rings (SSSR count). The van der Waals surface area contributed by atoms with Gasteiger partial charge >= 0.3 is 11.9 Å². The molecule has 0 amide bonds. The summed E-state index contributed by atoms with van der Waals surface area (Å²) in [6, 6.07) is 0. The van der Waals surface area contributed by atoms with Crippen molar-refractivity contribution in [3.63, 3.8) is 0 Å². The van der Waals surface area contributed by atoms with E-state index in [9.17, 15) is 9.59 Å². The normalized spacial score (nSPS) is 11.5. The van der Waals surface area contributed by atoms with E-state index >= 15 is 0 Å². The summed E-state index contributed by atoms with van der Waals surface area (Å²) in [5.74, 6) is -0.798. The molecule has 0 aliphatic rings. The van der Waals surface area contributed by atoms with Crippen molar-refractivity contribution < 1.29 is 19.1 Å². The number of rotatable bonds is 24. The van der Waals surface area contributed by atoms with Gasteiger partial charge in [0.05, 0.1) is 13.2 Å². The second-order valence-corrected chi connectivity index (χ2v) is 9.72. The van der Waals surface area contributed by atoms with E-state index in [1.165, 1.54) is 89.9 Å². The summed E-state index contributed by atoms with van der Waals surface area (Å²) in [6.07, 6.45) is 22.9. The van der Waals surface area contributed by atoms with Gasteiger partial charge in [-0.1, -0.05) is 130 Å². The molecule has 0 atom stereocenters. The van der Waals surface area contributed by atoms with Gasteiger partial charge in [0.1, 0.15) is 0 Å². The van der Waals surface area contributed by atoms with Crippen molar-refractivity contribution in [2.24, 2.45) is 5.41 Å². The Hall–Kier alpha value is -1.06. The topological polar surface area (TPSA) is 52.6 Å². The molecule has 0 aliphatic heterocycles.